The van der Waals surface area contributed by atoms with Crippen LogP contribution in [0.15, 0.2) is 42.5 Å². The van der Waals surface area contributed by atoms with Crippen LogP contribution >= 0.6 is 0 Å². The summed E-state index contributed by atoms with van der Waals surface area (Å²) in [5.41, 5.74) is 0.412. The highest BCUT2D eigenvalue weighted by atomic mass is 32.2. The standard InChI is InChI=1S/C20H22N2O6S/c1-22(17-8-9-29(26,27)13-17)18(23)12-28-19(24)11-21-20(25)16-7-6-14-4-2-3-5-15(14)10-16/h2-7,10,17H,8-9,11-13H2,1H3,(H,21,25)/t17-/m1/s1. The molecule has 0 unspecified atom stereocenters. The fraction of sp³-hybridized carbons (Fsp3) is 0.350. The molecule has 2 aromatic carbocycles. The number of hydrogen-bond acceptors (Lipinski definition) is 6. The van der Waals surface area contributed by atoms with Gasteiger partial charge in [-0.2, -0.15) is 0 Å². The average Bonchev–Trinajstić information content (AvgIpc) is 3.08. The number of ether oxygens (including phenoxy) is 1. The van der Waals surface area contributed by atoms with Crippen molar-refractivity contribution in [3.8, 4) is 0 Å². The van der Waals surface area contributed by atoms with Gasteiger partial charge in [0.2, 0.25) is 0 Å². The van der Waals surface area contributed by atoms with Gasteiger partial charge in [-0.25, -0.2) is 8.42 Å². The van der Waals surface area contributed by atoms with Crippen LogP contribution in [0.1, 0.15) is 16.8 Å². The van der Waals surface area contributed by atoms with Gasteiger partial charge in [0.25, 0.3) is 11.8 Å². The summed E-state index contributed by atoms with van der Waals surface area (Å²) in [5.74, 6) is -1.69. The predicted molar refractivity (Wildman–Crippen MR) is 107 cm³/mol. The molecule has 0 aromatic heterocycles. The minimum Gasteiger partial charge on any atom is -0.454 e. The zero-order valence-corrected chi connectivity index (χ0v) is 16.8. The Labute approximate surface area is 168 Å². The van der Waals surface area contributed by atoms with Crippen molar-refractivity contribution in [3.63, 3.8) is 0 Å². The molecule has 2 amide bonds. The molecule has 1 fully saturated rings. The number of amides is 2. The Morgan fingerprint density at radius 3 is 2.55 bits per heavy atom. The van der Waals surface area contributed by atoms with Crippen molar-refractivity contribution in [2.24, 2.45) is 0 Å². The maximum Gasteiger partial charge on any atom is 0.325 e. The van der Waals surface area contributed by atoms with Gasteiger partial charge in [-0.1, -0.05) is 30.3 Å². The van der Waals surface area contributed by atoms with Crippen molar-refractivity contribution in [2.75, 3.05) is 31.7 Å². The Kier molecular flexibility index (Phi) is 6.17. The maximum absolute atomic E-state index is 12.2. The number of benzene rings is 2. The molecule has 0 spiro atoms. The lowest BCUT2D eigenvalue weighted by atomic mass is 10.1. The number of nitrogens with zero attached hydrogens (tertiary/aromatic N) is 1. The molecule has 0 bridgehead atoms. The zero-order chi connectivity index (χ0) is 21.0. The third kappa shape index (κ3) is 5.32. The molecule has 29 heavy (non-hydrogen) atoms. The van der Waals surface area contributed by atoms with Crippen LogP contribution in [-0.4, -0.2) is 68.8 Å². The number of esters is 1. The van der Waals surface area contributed by atoms with E-state index in [-0.39, 0.29) is 18.1 Å². The third-order valence-electron chi connectivity index (χ3n) is 4.91. The molecule has 1 heterocycles. The summed E-state index contributed by atoms with van der Waals surface area (Å²) < 4.78 is 27.9. The lowest BCUT2D eigenvalue weighted by Gasteiger charge is -2.23. The maximum atomic E-state index is 12.2. The van der Waals surface area contributed by atoms with Gasteiger partial charge < -0.3 is 15.0 Å². The first-order valence-corrected chi connectivity index (χ1v) is 11.0. The number of fused-ring (bicyclic) bond motifs is 1. The van der Waals surface area contributed by atoms with Crippen molar-refractivity contribution >= 4 is 38.4 Å². The predicted octanol–water partition coefficient (Wildman–Crippen LogP) is 0.758. The smallest absolute Gasteiger partial charge is 0.325 e. The summed E-state index contributed by atoms with van der Waals surface area (Å²) in [7, 11) is -1.62. The molecule has 1 aliphatic rings. The van der Waals surface area contributed by atoms with Gasteiger partial charge in [0.1, 0.15) is 6.54 Å². The normalized spacial score (nSPS) is 17.6. The second kappa shape index (κ2) is 8.60. The van der Waals surface area contributed by atoms with E-state index >= 15 is 0 Å². The van der Waals surface area contributed by atoms with E-state index in [0.717, 1.165) is 10.8 Å². The van der Waals surface area contributed by atoms with Crippen molar-refractivity contribution < 1.29 is 27.5 Å². The Hall–Kier alpha value is -2.94. The monoisotopic (exact) mass is 418 g/mol. The summed E-state index contributed by atoms with van der Waals surface area (Å²) in [4.78, 5) is 37.5. The van der Waals surface area contributed by atoms with Crippen LogP contribution in [0.3, 0.4) is 0 Å². The number of hydrogen-bond donors (Lipinski definition) is 1. The number of rotatable bonds is 6. The summed E-state index contributed by atoms with van der Waals surface area (Å²) in [6, 6.07) is 12.4. The Balaban J connectivity index is 1.45. The van der Waals surface area contributed by atoms with Gasteiger partial charge in [-0.15, -0.1) is 0 Å². The van der Waals surface area contributed by atoms with Crippen LogP contribution in [0.4, 0.5) is 0 Å². The van der Waals surface area contributed by atoms with Crippen molar-refractivity contribution in [1.29, 1.82) is 0 Å². The van der Waals surface area contributed by atoms with Gasteiger partial charge in [0, 0.05) is 18.7 Å². The molecular weight excluding hydrogens is 396 g/mol. The first kappa shape index (κ1) is 20.8. The quantitative estimate of drug-likeness (QED) is 0.694. The molecule has 1 aliphatic heterocycles. The minimum absolute atomic E-state index is 0.0515. The van der Waals surface area contributed by atoms with E-state index in [1.165, 1.54) is 11.9 Å². The molecule has 2 aromatic rings. The van der Waals surface area contributed by atoms with E-state index < -0.39 is 40.3 Å². The summed E-state index contributed by atoms with van der Waals surface area (Å²) >= 11 is 0. The molecule has 8 nitrogen and oxygen atoms in total. The highest BCUT2D eigenvalue weighted by molar-refractivity contribution is 7.91. The first-order valence-electron chi connectivity index (χ1n) is 9.14. The lowest BCUT2D eigenvalue weighted by molar-refractivity contribution is -0.151. The highest BCUT2D eigenvalue weighted by Crippen LogP contribution is 2.17. The summed E-state index contributed by atoms with van der Waals surface area (Å²) in [6.07, 6.45) is 0.375. The molecule has 1 N–H and O–H groups in total. The molecule has 1 saturated heterocycles. The van der Waals surface area contributed by atoms with Crippen molar-refractivity contribution in [2.45, 2.75) is 12.5 Å². The van der Waals surface area contributed by atoms with E-state index in [9.17, 15) is 22.8 Å². The Morgan fingerprint density at radius 2 is 1.86 bits per heavy atom. The molecule has 154 valence electrons. The van der Waals surface area contributed by atoms with Gasteiger partial charge in [-0.3, -0.25) is 14.4 Å². The second-order valence-corrected chi connectivity index (χ2v) is 9.20. The summed E-state index contributed by atoms with van der Waals surface area (Å²) in [6.45, 7) is -0.877. The van der Waals surface area contributed by atoms with Crippen LogP contribution in [0.2, 0.25) is 0 Å². The molecule has 3 rings (SSSR count). The topological polar surface area (TPSA) is 110 Å². The summed E-state index contributed by atoms with van der Waals surface area (Å²) in [5, 5.41) is 4.37. The fourth-order valence-corrected chi connectivity index (χ4v) is 4.94. The van der Waals surface area contributed by atoms with Crippen LogP contribution in [-0.2, 0) is 24.2 Å². The highest BCUT2D eigenvalue weighted by Gasteiger charge is 2.32. The van der Waals surface area contributed by atoms with Gasteiger partial charge in [-0.05, 0) is 29.3 Å². The largest absolute Gasteiger partial charge is 0.454 e. The van der Waals surface area contributed by atoms with Crippen molar-refractivity contribution in [1.82, 2.24) is 10.2 Å². The fourth-order valence-electron chi connectivity index (χ4n) is 3.16. The Morgan fingerprint density at radius 1 is 1.14 bits per heavy atom. The van der Waals surface area contributed by atoms with Gasteiger partial charge in [0.15, 0.2) is 16.4 Å². The average molecular weight is 418 g/mol. The number of carbonyl (C=O) groups is 3. The van der Waals surface area contributed by atoms with E-state index in [2.05, 4.69) is 5.32 Å². The minimum atomic E-state index is -3.11. The van der Waals surface area contributed by atoms with E-state index in [1.54, 1.807) is 12.1 Å². The number of carbonyl (C=O) groups excluding carboxylic acids is 3. The van der Waals surface area contributed by atoms with Crippen LogP contribution in [0.5, 0.6) is 0 Å². The molecule has 9 heteroatoms. The van der Waals surface area contributed by atoms with Gasteiger partial charge >= 0.3 is 5.97 Å². The van der Waals surface area contributed by atoms with Gasteiger partial charge in [0.05, 0.1) is 11.5 Å². The molecule has 1 atom stereocenters. The number of likely N-dealkylation sites (N-methyl/N-ethyl adjacent to an activating group) is 1. The Bertz CT molecular complexity index is 1050. The van der Waals surface area contributed by atoms with Crippen molar-refractivity contribution in [3.05, 3.63) is 48.0 Å². The molecule has 0 aliphatic carbocycles. The second-order valence-electron chi connectivity index (χ2n) is 6.97. The molecular formula is C20H22N2O6S. The SMILES string of the molecule is CN(C(=O)COC(=O)CNC(=O)c1ccc2ccccc2c1)[C@@H]1CCS(=O)(=O)C1. The van der Waals surface area contributed by atoms with Crippen LogP contribution in [0.25, 0.3) is 10.8 Å². The van der Waals surface area contributed by atoms with E-state index in [1.807, 2.05) is 30.3 Å². The third-order valence-corrected chi connectivity index (χ3v) is 6.66. The zero-order valence-electron chi connectivity index (χ0n) is 16.0. The first-order chi connectivity index (χ1) is 13.7. The molecule has 0 saturated carbocycles. The molecule has 0 radical (unpaired) electrons. The number of nitrogens with one attached hydrogen (secondary N) is 1. The lowest BCUT2D eigenvalue weighted by Crippen LogP contribution is -2.41. The van der Waals surface area contributed by atoms with E-state index in [0.29, 0.717) is 12.0 Å². The number of sulfone groups is 1. The van der Waals surface area contributed by atoms with Crippen LogP contribution < -0.4 is 5.32 Å². The van der Waals surface area contributed by atoms with Crippen LogP contribution in [0, 0.1) is 0 Å². The van der Waals surface area contributed by atoms with E-state index in [4.69, 9.17) is 4.74 Å².